The minimum Gasteiger partial charge on any atom is -0.495 e. The molecule has 0 fully saturated rings. The van der Waals surface area contributed by atoms with Gasteiger partial charge in [0.15, 0.2) is 0 Å². The Bertz CT molecular complexity index is 1140. The highest BCUT2D eigenvalue weighted by Crippen LogP contribution is 2.35. The first-order valence-corrected chi connectivity index (χ1v) is 10.2. The number of hydrogen-bond donors (Lipinski definition) is 3. The maximum Gasteiger partial charge on any atom is 0.319 e. The number of halogens is 1. The fourth-order valence-electron chi connectivity index (χ4n) is 2.85. The lowest BCUT2D eigenvalue weighted by atomic mass is 10.2. The average molecular weight is 471 g/mol. The number of nitrogens with one attached hydrogen (secondary N) is 3. The van der Waals surface area contributed by atoms with E-state index in [0.717, 1.165) is 5.56 Å². The maximum absolute atomic E-state index is 12.3. The first kappa shape index (κ1) is 23.7. The molecule has 0 atom stereocenters. The molecule has 9 nitrogen and oxygen atoms in total. The first-order valence-electron chi connectivity index (χ1n) is 9.84. The largest absolute Gasteiger partial charge is 0.495 e. The number of benzene rings is 2. The number of aromatic nitrogens is 1. The van der Waals surface area contributed by atoms with Crippen LogP contribution in [0.4, 0.5) is 10.5 Å². The van der Waals surface area contributed by atoms with Crippen molar-refractivity contribution in [2.45, 2.75) is 6.54 Å². The van der Waals surface area contributed by atoms with Gasteiger partial charge in [-0.3, -0.25) is 9.78 Å². The monoisotopic (exact) mass is 470 g/mol. The Balaban J connectivity index is 1.58. The molecule has 1 heterocycles. The van der Waals surface area contributed by atoms with Crippen LogP contribution in [0.5, 0.6) is 23.0 Å². The highest BCUT2D eigenvalue weighted by molar-refractivity contribution is 6.32. The number of urea groups is 1. The van der Waals surface area contributed by atoms with E-state index in [1.807, 2.05) is 12.1 Å². The van der Waals surface area contributed by atoms with Gasteiger partial charge < -0.3 is 30.2 Å². The van der Waals surface area contributed by atoms with Gasteiger partial charge in [0.1, 0.15) is 28.7 Å². The summed E-state index contributed by atoms with van der Waals surface area (Å²) in [5.74, 6) is 1.60. The van der Waals surface area contributed by atoms with Gasteiger partial charge in [-0.15, -0.1) is 0 Å². The number of anilines is 1. The Labute approximate surface area is 196 Å². The molecule has 0 saturated heterocycles. The van der Waals surface area contributed by atoms with Gasteiger partial charge in [0, 0.05) is 38.0 Å². The zero-order valence-electron chi connectivity index (χ0n) is 18.3. The zero-order valence-corrected chi connectivity index (χ0v) is 19.0. The van der Waals surface area contributed by atoms with Crippen LogP contribution in [0.2, 0.25) is 5.02 Å². The van der Waals surface area contributed by atoms with Crippen LogP contribution in [0, 0.1) is 0 Å². The van der Waals surface area contributed by atoms with Gasteiger partial charge in [0.2, 0.25) is 0 Å². The Morgan fingerprint density at radius 2 is 1.70 bits per heavy atom. The molecule has 10 heteroatoms. The SMILES string of the molecule is CNC(=O)c1cc(Oc2ccc(CNC(=O)Nc3cc(OC)c(Cl)cc3OC)cc2)ccn1. The van der Waals surface area contributed by atoms with Crippen molar-refractivity contribution in [2.75, 3.05) is 26.6 Å². The van der Waals surface area contributed by atoms with Crippen molar-refractivity contribution >= 4 is 29.2 Å². The van der Waals surface area contributed by atoms with Gasteiger partial charge in [0.05, 0.1) is 24.9 Å². The second kappa shape index (κ2) is 11.1. The summed E-state index contributed by atoms with van der Waals surface area (Å²) in [4.78, 5) is 28.0. The van der Waals surface area contributed by atoms with Crippen LogP contribution < -0.4 is 30.2 Å². The third-order valence-electron chi connectivity index (χ3n) is 4.53. The normalized spacial score (nSPS) is 10.2. The van der Waals surface area contributed by atoms with Crippen molar-refractivity contribution in [3.05, 3.63) is 71.0 Å². The van der Waals surface area contributed by atoms with Gasteiger partial charge in [0.25, 0.3) is 5.91 Å². The molecule has 0 aliphatic rings. The van der Waals surface area contributed by atoms with Crippen LogP contribution in [0.25, 0.3) is 0 Å². The van der Waals surface area contributed by atoms with Gasteiger partial charge in [-0.25, -0.2) is 4.79 Å². The predicted molar refractivity (Wildman–Crippen MR) is 125 cm³/mol. The molecule has 0 spiro atoms. The van der Waals surface area contributed by atoms with Gasteiger partial charge in [-0.1, -0.05) is 23.7 Å². The van der Waals surface area contributed by atoms with Gasteiger partial charge in [-0.05, 0) is 23.8 Å². The van der Waals surface area contributed by atoms with E-state index in [2.05, 4.69) is 20.9 Å². The molecule has 172 valence electrons. The van der Waals surface area contributed by atoms with Crippen LogP contribution in [-0.2, 0) is 6.54 Å². The van der Waals surface area contributed by atoms with Gasteiger partial charge in [-0.2, -0.15) is 0 Å². The summed E-state index contributed by atoms with van der Waals surface area (Å²) in [7, 11) is 4.50. The molecule has 0 aliphatic heterocycles. The third kappa shape index (κ3) is 6.27. The van der Waals surface area contributed by atoms with Crippen molar-refractivity contribution in [3.8, 4) is 23.0 Å². The number of pyridine rings is 1. The van der Waals surface area contributed by atoms with Crippen molar-refractivity contribution in [1.82, 2.24) is 15.6 Å². The van der Waals surface area contributed by atoms with E-state index in [0.29, 0.717) is 33.7 Å². The Morgan fingerprint density at radius 3 is 2.36 bits per heavy atom. The smallest absolute Gasteiger partial charge is 0.319 e. The second-order valence-corrected chi connectivity index (χ2v) is 7.10. The van der Waals surface area contributed by atoms with E-state index < -0.39 is 6.03 Å². The lowest BCUT2D eigenvalue weighted by molar-refractivity contribution is 0.0958. The standard InChI is InChI=1S/C23H23ClN4O5/c1-25-22(29)19-10-16(8-9-26-19)33-15-6-4-14(5-7-15)13-27-23(30)28-18-12-20(31-2)17(24)11-21(18)32-3/h4-12H,13H2,1-3H3,(H,25,29)(H2,27,28,30). The van der Waals surface area contributed by atoms with E-state index in [9.17, 15) is 9.59 Å². The summed E-state index contributed by atoms with van der Waals surface area (Å²) >= 11 is 6.09. The molecule has 0 saturated carbocycles. The Morgan fingerprint density at radius 1 is 0.970 bits per heavy atom. The third-order valence-corrected chi connectivity index (χ3v) is 4.82. The fraction of sp³-hybridized carbons (Fsp3) is 0.174. The van der Waals surface area contributed by atoms with E-state index in [-0.39, 0.29) is 18.1 Å². The van der Waals surface area contributed by atoms with E-state index in [4.69, 9.17) is 25.8 Å². The average Bonchev–Trinajstić information content (AvgIpc) is 2.84. The molecule has 0 unspecified atom stereocenters. The van der Waals surface area contributed by atoms with Crippen LogP contribution in [0.1, 0.15) is 16.1 Å². The van der Waals surface area contributed by atoms with Gasteiger partial charge >= 0.3 is 6.03 Å². The zero-order chi connectivity index (χ0) is 23.8. The van der Waals surface area contributed by atoms with E-state index in [1.165, 1.54) is 27.5 Å². The van der Waals surface area contributed by atoms with Crippen molar-refractivity contribution in [3.63, 3.8) is 0 Å². The van der Waals surface area contributed by atoms with Crippen LogP contribution in [0.3, 0.4) is 0 Å². The molecule has 0 radical (unpaired) electrons. The number of carbonyl (C=O) groups is 2. The molecule has 3 N–H and O–H groups in total. The quantitative estimate of drug-likeness (QED) is 0.454. The topological polar surface area (TPSA) is 111 Å². The predicted octanol–water partition coefficient (Wildman–Crippen LogP) is 4.23. The summed E-state index contributed by atoms with van der Waals surface area (Å²) in [6.07, 6.45) is 1.50. The summed E-state index contributed by atoms with van der Waals surface area (Å²) in [5.41, 5.74) is 1.55. The summed E-state index contributed by atoms with van der Waals surface area (Å²) in [6.45, 7) is 0.287. The van der Waals surface area contributed by atoms with Crippen molar-refractivity contribution in [1.29, 1.82) is 0 Å². The highest BCUT2D eigenvalue weighted by atomic mass is 35.5. The summed E-state index contributed by atoms with van der Waals surface area (Å²) in [6, 6.07) is 13.1. The molecule has 33 heavy (non-hydrogen) atoms. The molecule has 3 aromatic rings. The minimum atomic E-state index is -0.420. The first-order chi connectivity index (χ1) is 15.9. The maximum atomic E-state index is 12.3. The van der Waals surface area contributed by atoms with Crippen molar-refractivity contribution in [2.24, 2.45) is 0 Å². The molecule has 0 bridgehead atoms. The number of ether oxygens (including phenoxy) is 3. The van der Waals surface area contributed by atoms with Crippen molar-refractivity contribution < 1.29 is 23.8 Å². The minimum absolute atomic E-state index is 0.261. The highest BCUT2D eigenvalue weighted by Gasteiger charge is 2.12. The summed E-state index contributed by atoms with van der Waals surface area (Å²) < 4.78 is 16.2. The molecular weight excluding hydrogens is 448 g/mol. The fourth-order valence-corrected chi connectivity index (χ4v) is 3.08. The van der Waals surface area contributed by atoms with Crippen LogP contribution in [-0.4, -0.2) is 38.2 Å². The Kier molecular flexibility index (Phi) is 7.93. The van der Waals surface area contributed by atoms with Crippen LogP contribution in [0.15, 0.2) is 54.7 Å². The number of carbonyl (C=O) groups excluding carboxylic acids is 2. The molecule has 1 aromatic heterocycles. The molecule has 2 aromatic carbocycles. The number of nitrogens with zero attached hydrogens (tertiary/aromatic N) is 1. The number of rotatable bonds is 8. The lowest BCUT2D eigenvalue weighted by Gasteiger charge is -2.14. The van der Waals surface area contributed by atoms with Crippen LogP contribution >= 0.6 is 11.6 Å². The number of methoxy groups -OCH3 is 2. The summed E-state index contributed by atoms with van der Waals surface area (Å²) in [5, 5.41) is 8.38. The lowest BCUT2D eigenvalue weighted by Crippen LogP contribution is -2.28. The Hall–Kier alpha value is -3.98. The second-order valence-electron chi connectivity index (χ2n) is 6.70. The molecule has 0 aliphatic carbocycles. The van der Waals surface area contributed by atoms with E-state index >= 15 is 0 Å². The molecule has 3 amide bonds. The molecule has 3 rings (SSSR count). The number of hydrogen-bond acceptors (Lipinski definition) is 6. The van der Waals surface area contributed by atoms with E-state index in [1.54, 1.807) is 36.4 Å². The number of amides is 3. The molecular formula is C23H23ClN4O5.